The van der Waals surface area contributed by atoms with E-state index in [9.17, 15) is 13.2 Å². The van der Waals surface area contributed by atoms with Crippen LogP contribution in [-0.4, -0.2) is 31.7 Å². The molecule has 138 valence electrons. The summed E-state index contributed by atoms with van der Waals surface area (Å²) in [6.45, 7) is 4.90. The van der Waals surface area contributed by atoms with E-state index in [1.165, 1.54) is 22.5 Å². The first kappa shape index (κ1) is 18.9. The third-order valence-corrected chi connectivity index (χ3v) is 6.59. The number of anilines is 1. The van der Waals surface area contributed by atoms with E-state index in [-0.39, 0.29) is 15.5 Å². The topological polar surface area (TPSA) is 66.5 Å². The Balaban J connectivity index is 1.91. The smallest absolute Gasteiger partial charge is 0.257 e. The molecule has 1 aliphatic rings. The predicted molar refractivity (Wildman–Crippen MR) is 103 cm³/mol. The number of sulfonamides is 1. The summed E-state index contributed by atoms with van der Waals surface area (Å²) in [5.41, 5.74) is 2.84. The van der Waals surface area contributed by atoms with E-state index in [2.05, 4.69) is 5.32 Å². The molecule has 1 amide bonds. The van der Waals surface area contributed by atoms with Crippen molar-refractivity contribution < 1.29 is 13.2 Å². The van der Waals surface area contributed by atoms with Gasteiger partial charge in [0.25, 0.3) is 5.91 Å². The standard InChI is InChI=1S/C19H21ClN2O3S/c1-13-9-14(2)11-15(10-13)21-19(23)17-12-16(5-6-18(17)20)26(24,25)22-7-3-4-8-22/h5-6,9-12H,3-4,7-8H2,1-2H3,(H,21,23). The van der Waals surface area contributed by atoms with Gasteiger partial charge in [-0.1, -0.05) is 17.7 Å². The monoisotopic (exact) mass is 392 g/mol. The molecule has 5 nitrogen and oxygen atoms in total. The molecule has 0 aliphatic carbocycles. The number of rotatable bonds is 4. The number of amides is 1. The number of nitrogens with one attached hydrogen (secondary N) is 1. The summed E-state index contributed by atoms with van der Waals surface area (Å²) in [5, 5.41) is 3.01. The molecule has 7 heteroatoms. The Bertz CT molecular complexity index is 931. The number of benzene rings is 2. The molecule has 26 heavy (non-hydrogen) atoms. The van der Waals surface area contributed by atoms with E-state index in [4.69, 9.17) is 11.6 Å². The predicted octanol–water partition coefficient (Wildman–Crippen LogP) is 3.99. The number of nitrogens with zero attached hydrogens (tertiary/aromatic N) is 1. The van der Waals surface area contributed by atoms with Crippen molar-refractivity contribution in [2.75, 3.05) is 18.4 Å². The van der Waals surface area contributed by atoms with Gasteiger partial charge in [-0.2, -0.15) is 4.31 Å². The maximum absolute atomic E-state index is 12.7. The van der Waals surface area contributed by atoms with E-state index in [0.29, 0.717) is 18.8 Å². The van der Waals surface area contributed by atoms with Crippen LogP contribution in [0.15, 0.2) is 41.3 Å². The SMILES string of the molecule is Cc1cc(C)cc(NC(=O)c2cc(S(=O)(=O)N3CCCC3)ccc2Cl)c1. The lowest BCUT2D eigenvalue weighted by Crippen LogP contribution is -2.28. The lowest BCUT2D eigenvalue weighted by atomic mass is 10.1. The first-order valence-electron chi connectivity index (χ1n) is 8.47. The van der Waals surface area contributed by atoms with E-state index in [1.807, 2.05) is 32.0 Å². The average Bonchev–Trinajstić information content (AvgIpc) is 3.09. The average molecular weight is 393 g/mol. The van der Waals surface area contributed by atoms with Gasteiger partial charge in [0.1, 0.15) is 0 Å². The quantitative estimate of drug-likeness (QED) is 0.855. The van der Waals surface area contributed by atoms with Gasteiger partial charge >= 0.3 is 0 Å². The summed E-state index contributed by atoms with van der Waals surface area (Å²) >= 11 is 6.16. The molecule has 2 aromatic rings. The van der Waals surface area contributed by atoms with Gasteiger partial charge in [0.2, 0.25) is 10.0 Å². The first-order valence-corrected chi connectivity index (χ1v) is 10.3. The van der Waals surface area contributed by atoms with Crippen LogP contribution in [0, 0.1) is 13.8 Å². The summed E-state index contributed by atoms with van der Waals surface area (Å²) in [7, 11) is -3.60. The van der Waals surface area contributed by atoms with Gasteiger partial charge in [-0.25, -0.2) is 8.42 Å². The van der Waals surface area contributed by atoms with Crippen molar-refractivity contribution >= 4 is 33.2 Å². The highest BCUT2D eigenvalue weighted by Crippen LogP contribution is 2.26. The van der Waals surface area contributed by atoms with Gasteiger partial charge in [0.15, 0.2) is 0 Å². The van der Waals surface area contributed by atoms with Crippen LogP contribution in [0.25, 0.3) is 0 Å². The van der Waals surface area contributed by atoms with Crippen LogP contribution in [-0.2, 0) is 10.0 Å². The van der Waals surface area contributed by atoms with E-state index >= 15 is 0 Å². The van der Waals surface area contributed by atoms with Crippen molar-refractivity contribution in [2.45, 2.75) is 31.6 Å². The highest BCUT2D eigenvalue weighted by atomic mass is 35.5. The summed E-state index contributed by atoms with van der Waals surface area (Å²) in [5.74, 6) is -0.432. The van der Waals surface area contributed by atoms with E-state index < -0.39 is 15.9 Å². The third kappa shape index (κ3) is 3.92. The van der Waals surface area contributed by atoms with Crippen molar-refractivity contribution in [1.82, 2.24) is 4.31 Å². The highest BCUT2D eigenvalue weighted by molar-refractivity contribution is 7.89. The largest absolute Gasteiger partial charge is 0.322 e. The Kier molecular flexibility index (Phi) is 5.37. The molecule has 0 bridgehead atoms. The van der Waals surface area contributed by atoms with Gasteiger partial charge < -0.3 is 5.32 Å². The maximum atomic E-state index is 12.7. The van der Waals surface area contributed by atoms with Crippen molar-refractivity contribution in [3.63, 3.8) is 0 Å². The second-order valence-electron chi connectivity index (χ2n) is 6.58. The van der Waals surface area contributed by atoms with Crippen LogP contribution >= 0.6 is 11.6 Å². The van der Waals surface area contributed by atoms with Crippen molar-refractivity contribution in [3.05, 3.63) is 58.1 Å². The van der Waals surface area contributed by atoms with E-state index in [1.54, 1.807) is 0 Å². The molecule has 0 spiro atoms. The molecule has 3 rings (SSSR count). The number of hydrogen-bond acceptors (Lipinski definition) is 3. The fraction of sp³-hybridized carbons (Fsp3) is 0.316. The Morgan fingerprint density at radius 1 is 1.04 bits per heavy atom. The Hall–Kier alpha value is -1.89. The maximum Gasteiger partial charge on any atom is 0.257 e. The fourth-order valence-corrected chi connectivity index (χ4v) is 4.91. The summed E-state index contributed by atoms with van der Waals surface area (Å²) in [4.78, 5) is 12.7. The van der Waals surface area contributed by atoms with Gasteiger partial charge in [-0.3, -0.25) is 4.79 Å². The van der Waals surface area contributed by atoms with Gasteiger partial charge in [-0.15, -0.1) is 0 Å². The number of hydrogen-bond donors (Lipinski definition) is 1. The van der Waals surface area contributed by atoms with Crippen LogP contribution in [0.1, 0.15) is 34.3 Å². The molecule has 1 saturated heterocycles. The number of carbonyl (C=O) groups excluding carboxylic acids is 1. The Morgan fingerprint density at radius 3 is 2.27 bits per heavy atom. The molecule has 1 N–H and O–H groups in total. The zero-order valence-electron chi connectivity index (χ0n) is 14.8. The minimum Gasteiger partial charge on any atom is -0.322 e. The number of aryl methyl sites for hydroxylation is 2. The zero-order valence-corrected chi connectivity index (χ0v) is 16.3. The molecule has 1 aliphatic heterocycles. The van der Waals surface area contributed by atoms with Crippen LogP contribution in [0.3, 0.4) is 0 Å². The van der Waals surface area contributed by atoms with Crippen molar-refractivity contribution in [2.24, 2.45) is 0 Å². The third-order valence-electron chi connectivity index (χ3n) is 4.36. The second kappa shape index (κ2) is 7.39. The van der Waals surface area contributed by atoms with Crippen LogP contribution < -0.4 is 5.32 Å². The van der Waals surface area contributed by atoms with Gasteiger partial charge in [-0.05, 0) is 68.1 Å². The van der Waals surface area contributed by atoms with Gasteiger partial charge in [0.05, 0.1) is 15.5 Å². The fourth-order valence-electron chi connectivity index (χ4n) is 3.16. The molecule has 2 aromatic carbocycles. The second-order valence-corrected chi connectivity index (χ2v) is 8.93. The molecule has 0 radical (unpaired) electrons. The Morgan fingerprint density at radius 2 is 1.65 bits per heavy atom. The van der Waals surface area contributed by atoms with Gasteiger partial charge in [0, 0.05) is 18.8 Å². The molecule has 1 heterocycles. The normalized spacial score (nSPS) is 15.2. The highest BCUT2D eigenvalue weighted by Gasteiger charge is 2.28. The molecule has 0 aromatic heterocycles. The zero-order chi connectivity index (χ0) is 18.9. The Labute approximate surface area is 159 Å². The van der Waals surface area contributed by atoms with Crippen LogP contribution in [0.5, 0.6) is 0 Å². The minimum absolute atomic E-state index is 0.0920. The molecule has 0 atom stereocenters. The first-order chi connectivity index (χ1) is 12.3. The summed E-state index contributed by atoms with van der Waals surface area (Å²) in [6, 6.07) is 9.97. The number of halogens is 1. The molecular formula is C19H21ClN2O3S. The van der Waals surface area contributed by atoms with Crippen molar-refractivity contribution in [1.29, 1.82) is 0 Å². The summed E-state index contributed by atoms with van der Waals surface area (Å²) < 4.78 is 26.9. The molecule has 0 saturated carbocycles. The van der Waals surface area contributed by atoms with Crippen LogP contribution in [0.4, 0.5) is 5.69 Å². The number of carbonyl (C=O) groups is 1. The van der Waals surface area contributed by atoms with Crippen molar-refractivity contribution in [3.8, 4) is 0 Å². The van der Waals surface area contributed by atoms with E-state index in [0.717, 1.165) is 24.0 Å². The van der Waals surface area contributed by atoms with Crippen LogP contribution in [0.2, 0.25) is 5.02 Å². The lowest BCUT2D eigenvalue weighted by molar-refractivity contribution is 0.102. The summed E-state index contributed by atoms with van der Waals surface area (Å²) in [6.07, 6.45) is 1.71. The minimum atomic E-state index is -3.60. The molecular weight excluding hydrogens is 372 g/mol. The molecule has 1 fully saturated rings. The lowest BCUT2D eigenvalue weighted by Gasteiger charge is -2.16. The molecule has 0 unspecified atom stereocenters.